The van der Waals surface area contributed by atoms with E-state index < -0.39 is 0 Å². The van der Waals surface area contributed by atoms with Gasteiger partial charge in [-0.05, 0) is 35.4 Å². The quantitative estimate of drug-likeness (QED) is 0.390. The molecule has 0 unspecified atom stereocenters. The van der Waals surface area contributed by atoms with E-state index in [-0.39, 0.29) is 0 Å². The van der Waals surface area contributed by atoms with Crippen molar-refractivity contribution in [2.75, 3.05) is 43.9 Å². The van der Waals surface area contributed by atoms with Gasteiger partial charge in [0.05, 0.1) is 12.8 Å². The van der Waals surface area contributed by atoms with Crippen LogP contribution < -0.4 is 15.4 Å². The molecule has 5 aromatic rings. The molecule has 0 saturated carbocycles. The molecule has 0 atom stereocenters. The second-order valence-electron chi connectivity index (χ2n) is 9.35. The summed E-state index contributed by atoms with van der Waals surface area (Å²) in [5.41, 5.74) is 12.7. The number of rotatable bonds is 6. The van der Waals surface area contributed by atoms with Gasteiger partial charge in [0.15, 0.2) is 0 Å². The number of nitrogens with two attached hydrogens (primary N) is 1. The van der Waals surface area contributed by atoms with E-state index in [1.165, 1.54) is 16.8 Å². The average Bonchev–Trinajstić information content (AvgIpc) is 3.34. The molecule has 36 heavy (non-hydrogen) atoms. The van der Waals surface area contributed by atoms with Gasteiger partial charge < -0.3 is 15.4 Å². The number of para-hydroxylation sites is 2. The number of hydrogen-bond donors (Lipinski definition) is 1. The number of imidazole rings is 1. The van der Waals surface area contributed by atoms with Crippen LogP contribution >= 0.6 is 0 Å². The van der Waals surface area contributed by atoms with Crippen molar-refractivity contribution >= 4 is 28.2 Å². The Morgan fingerprint density at radius 2 is 1.64 bits per heavy atom. The molecule has 3 heterocycles. The summed E-state index contributed by atoms with van der Waals surface area (Å²) in [5, 5.41) is 0.929. The van der Waals surface area contributed by atoms with Crippen molar-refractivity contribution < 1.29 is 4.74 Å². The first-order valence-corrected chi connectivity index (χ1v) is 12.4. The zero-order valence-corrected chi connectivity index (χ0v) is 20.5. The Balaban J connectivity index is 1.17. The van der Waals surface area contributed by atoms with Crippen LogP contribution in [0.4, 0.5) is 11.6 Å². The molecular formula is C29H30N6O. The first-order valence-electron chi connectivity index (χ1n) is 12.4. The summed E-state index contributed by atoms with van der Waals surface area (Å²) in [5.74, 6) is 1.10. The number of methoxy groups -OCH3 is 1. The largest absolute Gasteiger partial charge is 0.494 e. The molecule has 0 bridgehead atoms. The standard InChI is InChI=1S/C29H30N6O/c1-36-26-12-6-11-25-27(26)32-29(30)35-20-23(31-28(25)35)18-21-7-5-8-22(17-21)19-33-13-15-34(16-14-33)24-9-3-2-4-10-24/h2-12,17,20H,13-16,18-19H2,1H3,(H2,30,32). The minimum Gasteiger partial charge on any atom is -0.494 e. The Morgan fingerprint density at radius 3 is 2.44 bits per heavy atom. The minimum absolute atomic E-state index is 0.407. The number of hydrogen-bond acceptors (Lipinski definition) is 6. The fraction of sp³-hybridized carbons (Fsp3) is 0.241. The molecule has 0 amide bonds. The summed E-state index contributed by atoms with van der Waals surface area (Å²) < 4.78 is 7.34. The molecule has 1 saturated heterocycles. The zero-order valence-electron chi connectivity index (χ0n) is 20.5. The van der Waals surface area contributed by atoms with Crippen LogP contribution in [0.15, 0.2) is 79.0 Å². The molecule has 1 fully saturated rings. The second kappa shape index (κ2) is 9.51. The fourth-order valence-corrected chi connectivity index (χ4v) is 5.14. The third kappa shape index (κ3) is 4.33. The van der Waals surface area contributed by atoms with Crippen molar-refractivity contribution in [3.05, 3.63) is 95.8 Å². The van der Waals surface area contributed by atoms with Crippen LogP contribution in [0.5, 0.6) is 5.75 Å². The summed E-state index contributed by atoms with van der Waals surface area (Å²) in [6.07, 6.45) is 2.73. The summed E-state index contributed by atoms with van der Waals surface area (Å²) in [4.78, 5) is 14.5. The molecule has 1 aliphatic rings. The SMILES string of the molecule is COc1cccc2c1nc(N)n1cc(Cc3cccc(CN4CCN(c5ccccc5)CC4)c3)nc21. The highest BCUT2D eigenvalue weighted by molar-refractivity contribution is 5.96. The molecule has 2 aromatic heterocycles. The van der Waals surface area contributed by atoms with Gasteiger partial charge in [0.1, 0.15) is 16.9 Å². The predicted molar refractivity (Wildman–Crippen MR) is 145 cm³/mol. The van der Waals surface area contributed by atoms with Crippen molar-refractivity contribution in [2.45, 2.75) is 13.0 Å². The molecule has 2 N–H and O–H groups in total. The number of piperazine rings is 1. The normalized spacial score (nSPS) is 14.5. The van der Waals surface area contributed by atoms with E-state index in [0.29, 0.717) is 11.7 Å². The first kappa shape index (κ1) is 22.4. The summed E-state index contributed by atoms with van der Waals surface area (Å²) in [6, 6.07) is 25.4. The lowest BCUT2D eigenvalue weighted by Gasteiger charge is -2.36. The van der Waals surface area contributed by atoms with E-state index in [4.69, 9.17) is 15.5 Å². The van der Waals surface area contributed by atoms with Gasteiger partial charge >= 0.3 is 0 Å². The smallest absolute Gasteiger partial charge is 0.206 e. The first-order chi connectivity index (χ1) is 17.7. The Labute approximate surface area is 210 Å². The number of aromatic nitrogens is 3. The van der Waals surface area contributed by atoms with Crippen molar-refractivity contribution in [3.63, 3.8) is 0 Å². The van der Waals surface area contributed by atoms with Crippen LogP contribution in [-0.2, 0) is 13.0 Å². The lowest BCUT2D eigenvalue weighted by molar-refractivity contribution is 0.250. The molecule has 3 aromatic carbocycles. The van der Waals surface area contributed by atoms with Gasteiger partial charge in [0.25, 0.3) is 0 Å². The van der Waals surface area contributed by atoms with Crippen LogP contribution in [0.1, 0.15) is 16.8 Å². The molecular weight excluding hydrogens is 448 g/mol. The average molecular weight is 479 g/mol. The maximum absolute atomic E-state index is 6.28. The Hall–Kier alpha value is -4.10. The molecule has 182 valence electrons. The summed E-state index contributed by atoms with van der Waals surface area (Å²) in [6.45, 7) is 5.20. The highest BCUT2D eigenvalue weighted by Crippen LogP contribution is 2.28. The monoisotopic (exact) mass is 478 g/mol. The summed E-state index contributed by atoms with van der Waals surface area (Å²) in [7, 11) is 1.64. The predicted octanol–water partition coefficient (Wildman–Crippen LogP) is 4.39. The van der Waals surface area contributed by atoms with Crippen molar-refractivity contribution in [1.29, 1.82) is 0 Å². The van der Waals surface area contributed by atoms with Gasteiger partial charge in [-0.1, -0.05) is 48.5 Å². The van der Waals surface area contributed by atoms with E-state index in [9.17, 15) is 0 Å². The number of ether oxygens (including phenoxy) is 1. The number of benzene rings is 3. The van der Waals surface area contributed by atoms with Crippen molar-refractivity contribution in [1.82, 2.24) is 19.3 Å². The Kier molecular flexibility index (Phi) is 5.91. The lowest BCUT2D eigenvalue weighted by Crippen LogP contribution is -2.45. The van der Waals surface area contributed by atoms with Crippen LogP contribution in [0.25, 0.3) is 16.6 Å². The van der Waals surface area contributed by atoms with Crippen LogP contribution in [0.2, 0.25) is 0 Å². The van der Waals surface area contributed by atoms with Gasteiger partial charge in [-0.2, -0.15) is 0 Å². The number of nitrogen functional groups attached to an aromatic ring is 1. The molecule has 6 rings (SSSR count). The van der Waals surface area contributed by atoms with E-state index in [2.05, 4.69) is 69.4 Å². The van der Waals surface area contributed by atoms with Crippen LogP contribution in [0, 0.1) is 0 Å². The van der Waals surface area contributed by atoms with Gasteiger partial charge in [0, 0.05) is 56.4 Å². The maximum atomic E-state index is 6.28. The van der Waals surface area contributed by atoms with Gasteiger partial charge in [0.2, 0.25) is 5.95 Å². The Bertz CT molecular complexity index is 1510. The molecule has 7 nitrogen and oxygen atoms in total. The molecule has 0 radical (unpaired) electrons. The molecule has 0 spiro atoms. The topological polar surface area (TPSA) is 71.9 Å². The molecule has 7 heteroatoms. The highest BCUT2D eigenvalue weighted by atomic mass is 16.5. The summed E-state index contributed by atoms with van der Waals surface area (Å²) >= 11 is 0. The Morgan fingerprint density at radius 1 is 0.861 bits per heavy atom. The van der Waals surface area contributed by atoms with Crippen molar-refractivity contribution in [3.8, 4) is 5.75 Å². The van der Waals surface area contributed by atoms with Crippen LogP contribution in [0.3, 0.4) is 0 Å². The van der Waals surface area contributed by atoms with E-state index >= 15 is 0 Å². The maximum Gasteiger partial charge on any atom is 0.206 e. The van der Waals surface area contributed by atoms with E-state index in [0.717, 1.165) is 61.4 Å². The molecule has 0 aliphatic carbocycles. The molecule has 1 aliphatic heterocycles. The van der Waals surface area contributed by atoms with Gasteiger partial charge in [-0.25, -0.2) is 9.97 Å². The number of nitrogens with zero attached hydrogens (tertiary/aromatic N) is 5. The second-order valence-corrected chi connectivity index (χ2v) is 9.35. The highest BCUT2D eigenvalue weighted by Gasteiger charge is 2.18. The van der Waals surface area contributed by atoms with E-state index in [1.807, 2.05) is 28.8 Å². The number of fused-ring (bicyclic) bond motifs is 3. The van der Waals surface area contributed by atoms with Crippen LogP contribution in [-0.4, -0.2) is 52.6 Å². The minimum atomic E-state index is 0.407. The van der Waals surface area contributed by atoms with Gasteiger partial charge in [-0.3, -0.25) is 9.30 Å². The van der Waals surface area contributed by atoms with E-state index in [1.54, 1.807) is 7.11 Å². The fourth-order valence-electron chi connectivity index (χ4n) is 5.14. The number of anilines is 2. The zero-order chi connectivity index (χ0) is 24.5. The third-order valence-electron chi connectivity index (χ3n) is 6.97. The lowest BCUT2D eigenvalue weighted by atomic mass is 10.1. The van der Waals surface area contributed by atoms with Crippen molar-refractivity contribution in [2.24, 2.45) is 0 Å². The third-order valence-corrected chi connectivity index (χ3v) is 6.97. The van der Waals surface area contributed by atoms with Gasteiger partial charge in [-0.15, -0.1) is 0 Å².